The Morgan fingerprint density at radius 3 is 2.52 bits per heavy atom. The van der Waals surface area contributed by atoms with Crippen LogP contribution in [0.2, 0.25) is 0 Å². The Kier molecular flexibility index (Phi) is 5.07. The van der Waals surface area contributed by atoms with E-state index in [9.17, 15) is 9.59 Å². The first-order chi connectivity index (χ1) is 10.2. The van der Waals surface area contributed by atoms with E-state index in [1.165, 1.54) is 4.90 Å². The molecule has 0 bridgehead atoms. The van der Waals surface area contributed by atoms with Crippen molar-refractivity contribution in [1.29, 1.82) is 5.26 Å². The van der Waals surface area contributed by atoms with Gasteiger partial charge in [0.15, 0.2) is 0 Å². The normalized spacial score (nSPS) is 15.2. The molecule has 0 unspecified atom stereocenters. The van der Waals surface area contributed by atoms with Crippen molar-refractivity contribution in [2.75, 3.05) is 26.3 Å². The highest BCUT2D eigenvalue weighted by Crippen LogP contribution is 2.05. The highest BCUT2D eigenvalue weighted by molar-refractivity contribution is 5.99. The molecule has 1 heterocycles. The molecule has 0 aliphatic carbocycles. The zero-order valence-corrected chi connectivity index (χ0v) is 11.4. The summed E-state index contributed by atoms with van der Waals surface area (Å²) >= 11 is 0. The number of nitriles is 1. The summed E-state index contributed by atoms with van der Waals surface area (Å²) < 4.78 is 5.15. The molecule has 1 fully saturated rings. The topological polar surface area (TPSA) is 82.4 Å². The fourth-order valence-corrected chi connectivity index (χ4v) is 1.89. The average molecular weight is 285 g/mol. The molecule has 1 aliphatic heterocycles. The number of nitrogens with zero attached hydrogens (tertiary/aromatic N) is 2. The van der Waals surface area contributed by atoms with E-state index in [0.717, 1.165) is 6.20 Å². The van der Waals surface area contributed by atoms with Gasteiger partial charge in [0.25, 0.3) is 11.8 Å². The summed E-state index contributed by atoms with van der Waals surface area (Å²) in [5, 5.41) is 11.5. The predicted molar refractivity (Wildman–Crippen MR) is 75.0 cm³/mol. The Balaban J connectivity index is 2.02. The van der Waals surface area contributed by atoms with E-state index in [4.69, 9.17) is 10.00 Å². The van der Waals surface area contributed by atoms with Crippen molar-refractivity contribution in [1.82, 2.24) is 10.2 Å². The smallest absolute Gasteiger partial charge is 0.266 e. The van der Waals surface area contributed by atoms with Crippen LogP contribution in [-0.4, -0.2) is 43.0 Å². The van der Waals surface area contributed by atoms with Gasteiger partial charge in [-0.15, -0.1) is 0 Å². The lowest BCUT2D eigenvalue weighted by molar-refractivity contribution is -0.130. The Bertz CT molecular complexity index is 584. The summed E-state index contributed by atoms with van der Waals surface area (Å²) in [7, 11) is 0. The van der Waals surface area contributed by atoms with Gasteiger partial charge in [0.2, 0.25) is 0 Å². The standard InChI is InChI=1S/C15H15N3O3/c16-10-13(15(20)18-6-8-21-9-7-18)11-17-14(19)12-4-2-1-3-5-12/h1-5,11H,6-9H2,(H,17,19)/b13-11+. The SMILES string of the molecule is N#C/C(=C\NC(=O)c1ccccc1)C(=O)N1CCOCC1. The van der Waals surface area contributed by atoms with Crippen LogP contribution in [0.25, 0.3) is 0 Å². The molecular formula is C15H15N3O3. The summed E-state index contributed by atoms with van der Waals surface area (Å²) in [6, 6.07) is 10.4. The number of ether oxygens (including phenoxy) is 1. The lowest BCUT2D eigenvalue weighted by atomic mass is 10.2. The molecule has 0 spiro atoms. The zero-order chi connectivity index (χ0) is 15.1. The first-order valence-electron chi connectivity index (χ1n) is 6.55. The molecule has 0 saturated carbocycles. The van der Waals surface area contributed by atoms with Gasteiger partial charge in [-0.2, -0.15) is 5.26 Å². The van der Waals surface area contributed by atoms with Crippen molar-refractivity contribution >= 4 is 11.8 Å². The molecule has 1 N–H and O–H groups in total. The van der Waals surface area contributed by atoms with Crippen LogP contribution in [0.15, 0.2) is 42.1 Å². The van der Waals surface area contributed by atoms with Gasteiger partial charge in [-0.05, 0) is 12.1 Å². The van der Waals surface area contributed by atoms with Crippen molar-refractivity contribution in [2.45, 2.75) is 0 Å². The largest absolute Gasteiger partial charge is 0.378 e. The fourth-order valence-electron chi connectivity index (χ4n) is 1.89. The lowest BCUT2D eigenvalue weighted by Gasteiger charge is -2.26. The molecule has 21 heavy (non-hydrogen) atoms. The fraction of sp³-hybridized carbons (Fsp3) is 0.267. The second kappa shape index (κ2) is 7.22. The number of benzene rings is 1. The maximum atomic E-state index is 12.1. The molecule has 0 atom stereocenters. The first kappa shape index (κ1) is 14.8. The molecule has 1 aromatic rings. The lowest BCUT2D eigenvalue weighted by Crippen LogP contribution is -2.41. The van der Waals surface area contributed by atoms with Crippen LogP contribution >= 0.6 is 0 Å². The zero-order valence-electron chi connectivity index (χ0n) is 11.4. The van der Waals surface area contributed by atoms with Gasteiger partial charge >= 0.3 is 0 Å². The third kappa shape index (κ3) is 3.91. The number of carbonyl (C=O) groups is 2. The number of nitrogens with one attached hydrogen (secondary N) is 1. The Morgan fingerprint density at radius 1 is 1.24 bits per heavy atom. The molecule has 108 valence electrons. The summed E-state index contributed by atoms with van der Waals surface area (Å²) in [6.45, 7) is 1.82. The van der Waals surface area contributed by atoms with E-state index >= 15 is 0 Å². The highest BCUT2D eigenvalue weighted by Gasteiger charge is 2.20. The van der Waals surface area contributed by atoms with Gasteiger partial charge in [0, 0.05) is 24.9 Å². The van der Waals surface area contributed by atoms with Gasteiger partial charge in [0.1, 0.15) is 11.6 Å². The molecule has 2 amide bonds. The third-order valence-corrected chi connectivity index (χ3v) is 3.03. The van der Waals surface area contributed by atoms with Crippen LogP contribution in [0.1, 0.15) is 10.4 Å². The van der Waals surface area contributed by atoms with E-state index in [0.29, 0.717) is 31.9 Å². The molecule has 0 radical (unpaired) electrons. The molecule has 1 aromatic carbocycles. The number of hydrogen-bond donors (Lipinski definition) is 1. The van der Waals surface area contributed by atoms with Crippen LogP contribution < -0.4 is 5.32 Å². The van der Waals surface area contributed by atoms with E-state index in [1.807, 2.05) is 6.07 Å². The van der Waals surface area contributed by atoms with E-state index < -0.39 is 5.91 Å². The van der Waals surface area contributed by atoms with Gasteiger partial charge in [-0.25, -0.2) is 0 Å². The Labute approximate surface area is 122 Å². The summed E-state index contributed by atoms with van der Waals surface area (Å²) in [5.74, 6) is -0.757. The minimum absolute atomic E-state index is 0.0961. The molecule has 0 aromatic heterocycles. The highest BCUT2D eigenvalue weighted by atomic mass is 16.5. The van der Waals surface area contributed by atoms with Crippen molar-refractivity contribution in [3.05, 3.63) is 47.7 Å². The second-order valence-corrected chi connectivity index (χ2v) is 4.41. The maximum Gasteiger partial charge on any atom is 0.266 e. The predicted octanol–water partition coefficient (Wildman–Crippen LogP) is 0.683. The van der Waals surface area contributed by atoms with Gasteiger partial charge < -0.3 is 15.0 Å². The molecule has 1 saturated heterocycles. The van der Waals surface area contributed by atoms with E-state index in [2.05, 4.69) is 5.32 Å². The molecule has 2 rings (SSSR count). The number of amides is 2. The number of rotatable bonds is 3. The van der Waals surface area contributed by atoms with Crippen molar-refractivity contribution in [2.24, 2.45) is 0 Å². The summed E-state index contributed by atoms with van der Waals surface area (Å²) in [4.78, 5) is 25.5. The van der Waals surface area contributed by atoms with Crippen LogP contribution in [0.4, 0.5) is 0 Å². The number of carbonyl (C=O) groups excluding carboxylic acids is 2. The number of morpholine rings is 1. The van der Waals surface area contributed by atoms with Gasteiger partial charge in [-0.1, -0.05) is 18.2 Å². The Hall–Kier alpha value is -2.65. The summed E-state index contributed by atoms with van der Waals surface area (Å²) in [5.41, 5.74) is 0.367. The van der Waals surface area contributed by atoms with Gasteiger partial charge in [0.05, 0.1) is 13.2 Å². The van der Waals surface area contributed by atoms with E-state index in [1.54, 1.807) is 30.3 Å². The molecular weight excluding hydrogens is 270 g/mol. The Morgan fingerprint density at radius 2 is 1.90 bits per heavy atom. The minimum atomic E-state index is -0.394. The average Bonchev–Trinajstić information content (AvgIpc) is 2.56. The second-order valence-electron chi connectivity index (χ2n) is 4.41. The molecule has 1 aliphatic rings. The van der Waals surface area contributed by atoms with Gasteiger partial charge in [-0.3, -0.25) is 9.59 Å². The van der Waals surface area contributed by atoms with Crippen LogP contribution in [0.5, 0.6) is 0 Å². The van der Waals surface area contributed by atoms with Crippen molar-refractivity contribution in [3.63, 3.8) is 0 Å². The number of hydrogen-bond acceptors (Lipinski definition) is 4. The minimum Gasteiger partial charge on any atom is -0.378 e. The van der Waals surface area contributed by atoms with E-state index in [-0.39, 0.29) is 11.5 Å². The van der Waals surface area contributed by atoms with Crippen LogP contribution in [0.3, 0.4) is 0 Å². The third-order valence-electron chi connectivity index (χ3n) is 3.03. The van der Waals surface area contributed by atoms with Crippen molar-refractivity contribution in [3.8, 4) is 6.07 Å². The monoisotopic (exact) mass is 285 g/mol. The van der Waals surface area contributed by atoms with Crippen molar-refractivity contribution < 1.29 is 14.3 Å². The quantitative estimate of drug-likeness (QED) is 0.654. The van der Waals surface area contributed by atoms with Crippen LogP contribution in [-0.2, 0) is 9.53 Å². The molecule has 6 heteroatoms. The van der Waals surface area contributed by atoms with Crippen LogP contribution in [0, 0.1) is 11.3 Å². The first-order valence-corrected chi connectivity index (χ1v) is 6.55. The molecule has 6 nitrogen and oxygen atoms in total. The maximum absolute atomic E-state index is 12.1. The summed E-state index contributed by atoms with van der Waals surface area (Å²) in [6.07, 6.45) is 1.16.